The summed E-state index contributed by atoms with van der Waals surface area (Å²) in [7, 11) is 0. The van der Waals surface area contributed by atoms with Crippen LogP contribution in [0.4, 0.5) is 5.82 Å². The maximum atomic E-state index is 11.5. The second kappa shape index (κ2) is 6.49. The van der Waals surface area contributed by atoms with Gasteiger partial charge in [0.1, 0.15) is 5.82 Å². The molecular formula is C14H15N3O2. The van der Waals surface area contributed by atoms with Gasteiger partial charge in [-0.2, -0.15) is 0 Å². The monoisotopic (exact) mass is 257 g/mol. The van der Waals surface area contributed by atoms with Crippen LogP contribution < -0.4 is 5.32 Å². The fraction of sp³-hybridized carbons (Fsp3) is 0.214. The van der Waals surface area contributed by atoms with E-state index < -0.39 is 5.97 Å². The van der Waals surface area contributed by atoms with Crippen LogP contribution in [0.25, 0.3) is 0 Å². The molecule has 0 radical (unpaired) electrons. The first-order valence-corrected chi connectivity index (χ1v) is 6.07. The van der Waals surface area contributed by atoms with Gasteiger partial charge in [0.2, 0.25) is 5.82 Å². The van der Waals surface area contributed by atoms with Gasteiger partial charge in [-0.1, -0.05) is 30.3 Å². The summed E-state index contributed by atoms with van der Waals surface area (Å²) in [6, 6.07) is 11.7. The first kappa shape index (κ1) is 13.0. The summed E-state index contributed by atoms with van der Waals surface area (Å²) in [6.07, 6.45) is 1.53. The molecule has 5 nitrogen and oxygen atoms in total. The second-order valence-electron chi connectivity index (χ2n) is 3.83. The van der Waals surface area contributed by atoms with Gasteiger partial charge in [-0.3, -0.25) is 0 Å². The zero-order valence-corrected chi connectivity index (χ0v) is 10.7. The van der Waals surface area contributed by atoms with Crippen LogP contribution in [0.3, 0.4) is 0 Å². The lowest BCUT2D eigenvalue weighted by Crippen LogP contribution is -2.11. The van der Waals surface area contributed by atoms with Crippen molar-refractivity contribution in [3.05, 3.63) is 54.0 Å². The standard InChI is InChI=1S/C14H15N3O2/c1-2-19-14(18)13-15-9-8-12(17-13)16-10-11-6-4-3-5-7-11/h3-9H,2,10H2,1H3,(H,15,16,17). The quantitative estimate of drug-likeness (QED) is 0.832. The number of esters is 1. The van der Waals surface area contributed by atoms with Gasteiger partial charge in [0, 0.05) is 12.7 Å². The van der Waals surface area contributed by atoms with E-state index in [2.05, 4.69) is 15.3 Å². The summed E-state index contributed by atoms with van der Waals surface area (Å²) >= 11 is 0. The molecule has 0 unspecified atom stereocenters. The normalized spacial score (nSPS) is 9.95. The summed E-state index contributed by atoms with van der Waals surface area (Å²) in [6.45, 7) is 2.69. The number of ether oxygens (including phenoxy) is 1. The Labute approximate surface area is 111 Å². The molecule has 1 aromatic carbocycles. The van der Waals surface area contributed by atoms with E-state index in [9.17, 15) is 4.79 Å². The van der Waals surface area contributed by atoms with Gasteiger partial charge in [0.25, 0.3) is 0 Å². The number of hydrogen-bond donors (Lipinski definition) is 1. The molecule has 98 valence electrons. The molecule has 0 bridgehead atoms. The predicted octanol–water partition coefficient (Wildman–Crippen LogP) is 2.27. The molecule has 1 N–H and O–H groups in total. The van der Waals surface area contributed by atoms with Crippen molar-refractivity contribution in [2.45, 2.75) is 13.5 Å². The minimum absolute atomic E-state index is 0.0694. The van der Waals surface area contributed by atoms with E-state index in [1.54, 1.807) is 13.0 Å². The molecule has 0 aliphatic heterocycles. The highest BCUT2D eigenvalue weighted by molar-refractivity contribution is 5.85. The van der Waals surface area contributed by atoms with Gasteiger partial charge >= 0.3 is 5.97 Å². The summed E-state index contributed by atoms with van der Waals surface area (Å²) in [5, 5.41) is 3.14. The molecule has 0 saturated heterocycles. The van der Waals surface area contributed by atoms with Crippen molar-refractivity contribution in [2.24, 2.45) is 0 Å². The lowest BCUT2D eigenvalue weighted by atomic mass is 10.2. The number of hydrogen-bond acceptors (Lipinski definition) is 5. The second-order valence-corrected chi connectivity index (χ2v) is 3.83. The fourth-order valence-electron chi connectivity index (χ4n) is 1.54. The molecule has 2 aromatic rings. The van der Waals surface area contributed by atoms with Crippen molar-refractivity contribution in [1.82, 2.24) is 9.97 Å². The molecule has 19 heavy (non-hydrogen) atoms. The van der Waals surface area contributed by atoms with E-state index in [0.29, 0.717) is 19.0 Å². The Kier molecular flexibility index (Phi) is 4.44. The third kappa shape index (κ3) is 3.77. The smallest absolute Gasteiger partial charge is 0.376 e. The third-order valence-electron chi connectivity index (χ3n) is 2.43. The Morgan fingerprint density at radius 1 is 1.26 bits per heavy atom. The van der Waals surface area contributed by atoms with E-state index >= 15 is 0 Å². The Bertz CT molecular complexity index is 543. The molecule has 2 rings (SSSR count). The Hall–Kier alpha value is -2.43. The highest BCUT2D eigenvalue weighted by Gasteiger charge is 2.10. The lowest BCUT2D eigenvalue weighted by molar-refractivity contribution is 0.0512. The van der Waals surface area contributed by atoms with Crippen LogP contribution in [0.1, 0.15) is 23.1 Å². The van der Waals surface area contributed by atoms with Crippen LogP contribution in [0.2, 0.25) is 0 Å². The average Bonchev–Trinajstić information content (AvgIpc) is 2.47. The number of nitrogens with one attached hydrogen (secondary N) is 1. The number of anilines is 1. The van der Waals surface area contributed by atoms with Crippen molar-refractivity contribution >= 4 is 11.8 Å². The lowest BCUT2D eigenvalue weighted by Gasteiger charge is -2.06. The molecule has 0 spiro atoms. The van der Waals surface area contributed by atoms with Crippen LogP contribution in [-0.4, -0.2) is 22.5 Å². The Morgan fingerprint density at radius 2 is 2.05 bits per heavy atom. The minimum atomic E-state index is -0.508. The van der Waals surface area contributed by atoms with Gasteiger partial charge in [0.15, 0.2) is 0 Å². The predicted molar refractivity (Wildman–Crippen MR) is 71.8 cm³/mol. The molecule has 1 heterocycles. The maximum Gasteiger partial charge on any atom is 0.376 e. The van der Waals surface area contributed by atoms with Crippen LogP contribution in [0.15, 0.2) is 42.6 Å². The van der Waals surface area contributed by atoms with Crippen molar-refractivity contribution in [3.8, 4) is 0 Å². The molecular weight excluding hydrogens is 242 g/mol. The van der Waals surface area contributed by atoms with Crippen LogP contribution >= 0.6 is 0 Å². The average molecular weight is 257 g/mol. The molecule has 5 heteroatoms. The number of carbonyl (C=O) groups excluding carboxylic acids is 1. The van der Waals surface area contributed by atoms with Crippen LogP contribution in [0, 0.1) is 0 Å². The number of rotatable bonds is 5. The molecule has 1 aromatic heterocycles. The molecule has 0 aliphatic carbocycles. The summed E-state index contributed by atoms with van der Waals surface area (Å²) in [5.41, 5.74) is 1.14. The van der Waals surface area contributed by atoms with Gasteiger partial charge in [-0.15, -0.1) is 0 Å². The minimum Gasteiger partial charge on any atom is -0.460 e. The highest BCUT2D eigenvalue weighted by Crippen LogP contribution is 2.06. The van der Waals surface area contributed by atoms with Gasteiger partial charge in [-0.05, 0) is 18.6 Å². The van der Waals surface area contributed by atoms with E-state index in [-0.39, 0.29) is 5.82 Å². The van der Waals surface area contributed by atoms with E-state index in [1.807, 2.05) is 30.3 Å². The topological polar surface area (TPSA) is 64.1 Å². The number of aromatic nitrogens is 2. The number of benzene rings is 1. The third-order valence-corrected chi connectivity index (χ3v) is 2.43. The SMILES string of the molecule is CCOC(=O)c1nccc(NCc2ccccc2)n1. The summed E-state index contributed by atoms with van der Waals surface area (Å²) in [5.74, 6) is 0.160. The summed E-state index contributed by atoms with van der Waals surface area (Å²) < 4.78 is 4.85. The van der Waals surface area contributed by atoms with Crippen molar-refractivity contribution in [2.75, 3.05) is 11.9 Å². The van der Waals surface area contributed by atoms with Gasteiger partial charge < -0.3 is 10.1 Å². The van der Waals surface area contributed by atoms with Crippen molar-refractivity contribution in [1.29, 1.82) is 0 Å². The zero-order chi connectivity index (χ0) is 13.5. The van der Waals surface area contributed by atoms with E-state index in [4.69, 9.17) is 4.74 Å². The molecule has 0 atom stereocenters. The fourth-order valence-corrected chi connectivity index (χ4v) is 1.54. The Morgan fingerprint density at radius 3 is 2.79 bits per heavy atom. The Balaban J connectivity index is 2.01. The first-order valence-electron chi connectivity index (χ1n) is 6.07. The molecule has 0 fully saturated rings. The largest absolute Gasteiger partial charge is 0.460 e. The maximum absolute atomic E-state index is 11.5. The zero-order valence-electron chi connectivity index (χ0n) is 10.7. The summed E-state index contributed by atoms with van der Waals surface area (Å²) in [4.78, 5) is 19.5. The molecule has 0 amide bonds. The van der Waals surface area contributed by atoms with Gasteiger partial charge in [-0.25, -0.2) is 14.8 Å². The van der Waals surface area contributed by atoms with E-state index in [1.165, 1.54) is 6.20 Å². The van der Waals surface area contributed by atoms with Crippen molar-refractivity contribution in [3.63, 3.8) is 0 Å². The highest BCUT2D eigenvalue weighted by atomic mass is 16.5. The van der Waals surface area contributed by atoms with E-state index in [0.717, 1.165) is 5.56 Å². The van der Waals surface area contributed by atoms with Gasteiger partial charge in [0.05, 0.1) is 6.61 Å². The molecule has 0 saturated carbocycles. The number of carbonyl (C=O) groups is 1. The first-order chi connectivity index (χ1) is 9.29. The molecule has 0 aliphatic rings. The van der Waals surface area contributed by atoms with Crippen molar-refractivity contribution < 1.29 is 9.53 Å². The van der Waals surface area contributed by atoms with Crippen LogP contribution in [0.5, 0.6) is 0 Å². The number of nitrogens with zero attached hydrogens (tertiary/aromatic N) is 2. The van der Waals surface area contributed by atoms with Crippen LogP contribution in [-0.2, 0) is 11.3 Å².